The van der Waals surface area contributed by atoms with Crippen LogP contribution in [0.1, 0.15) is 29.8 Å². The van der Waals surface area contributed by atoms with E-state index in [1.54, 1.807) is 0 Å². The maximum Gasteiger partial charge on any atom is 0.416 e. The molecule has 0 bridgehead atoms. The van der Waals surface area contributed by atoms with Crippen LogP contribution < -0.4 is 5.32 Å². The third-order valence-corrected chi connectivity index (χ3v) is 3.25. The van der Waals surface area contributed by atoms with Crippen LogP contribution in [0.2, 0.25) is 0 Å². The molecule has 0 fully saturated rings. The number of carbonyl (C=O) groups is 3. The second-order valence-corrected chi connectivity index (χ2v) is 5.07. The van der Waals surface area contributed by atoms with Crippen molar-refractivity contribution in [2.24, 2.45) is 0 Å². The Bertz CT molecular complexity index is 631. The SMILES string of the molecule is CC(=O)NCCN(C(=O)c1cccc(C(F)(F)F)c1)C(C)C(=O)O. The molecule has 1 atom stereocenters. The average Bonchev–Trinajstić information content (AvgIpc) is 2.49. The Morgan fingerprint density at radius 2 is 1.92 bits per heavy atom. The zero-order valence-corrected chi connectivity index (χ0v) is 13.1. The van der Waals surface area contributed by atoms with Gasteiger partial charge in [0.05, 0.1) is 5.56 Å². The van der Waals surface area contributed by atoms with E-state index in [2.05, 4.69) is 5.32 Å². The lowest BCUT2D eigenvalue weighted by molar-refractivity contribution is -0.142. The first-order valence-electron chi connectivity index (χ1n) is 6.99. The molecular formula is C15H17F3N2O4. The van der Waals surface area contributed by atoms with E-state index in [4.69, 9.17) is 5.11 Å². The van der Waals surface area contributed by atoms with E-state index < -0.39 is 29.7 Å². The van der Waals surface area contributed by atoms with E-state index in [0.29, 0.717) is 6.07 Å². The molecule has 0 saturated heterocycles. The second-order valence-electron chi connectivity index (χ2n) is 5.07. The highest BCUT2D eigenvalue weighted by molar-refractivity contribution is 5.96. The van der Waals surface area contributed by atoms with E-state index in [9.17, 15) is 27.6 Å². The summed E-state index contributed by atoms with van der Waals surface area (Å²) in [5, 5.41) is 11.5. The molecule has 0 aliphatic heterocycles. The van der Waals surface area contributed by atoms with Crippen molar-refractivity contribution in [2.45, 2.75) is 26.1 Å². The minimum absolute atomic E-state index is 0.0162. The molecule has 9 heteroatoms. The lowest BCUT2D eigenvalue weighted by Gasteiger charge is -2.27. The maximum absolute atomic E-state index is 12.7. The van der Waals surface area contributed by atoms with E-state index in [0.717, 1.165) is 17.0 Å². The van der Waals surface area contributed by atoms with Gasteiger partial charge in [-0.2, -0.15) is 13.2 Å². The normalized spacial score (nSPS) is 12.4. The lowest BCUT2D eigenvalue weighted by atomic mass is 10.1. The summed E-state index contributed by atoms with van der Waals surface area (Å²) in [6.45, 7) is 2.32. The predicted molar refractivity (Wildman–Crippen MR) is 78.3 cm³/mol. The quantitative estimate of drug-likeness (QED) is 0.822. The molecule has 1 aromatic rings. The maximum atomic E-state index is 12.7. The number of aliphatic carboxylic acids is 1. The van der Waals surface area contributed by atoms with Crippen LogP contribution in [0.3, 0.4) is 0 Å². The minimum atomic E-state index is -4.62. The van der Waals surface area contributed by atoms with Gasteiger partial charge in [-0.05, 0) is 25.1 Å². The van der Waals surface area contributed by atoms with Crippen molar-refractivity contribution >= 4 is 17.8 Å². The summed E-state index contributed by atoms with van der Waals surface area (Å²) in [4.78, 5) is 35.3. The van der Waals surface area contributed by atoms with Gasteiger partial charge in [-0.1, -0.05) is 6.07 Å². The van der Waals surface area contributed by atoms with Gasteiger partial charge in [-0.3, -0.25) is 9.59 Å². The van der Waals surface area contributed by atoms with Gasteiger partial charge >= 0.3 is 12.1 Å². The first kappa shape index (κ1) is 19.5. The van der Waals surface area contributed by atoms with Crippen molar-refractivity contribution in [3.05, 3.63) is 35.4 Å². The van der Waals surface area contributed by atoms with Crippen LogP contribution in [0, 0.1) is 0 Å². The van der Waals surface area contributed by atoms with Gasteiger partial charge in [0, 0.05) is 25.6 Å². The summed E-state index contributed by atoms with van der Waals surface area (Å²) < 4.78 is 38.2. The van der Waals surface area contributed by atoms with Gasteiger partial charge in [0.2, 0.25) is 5.91 Å². The van der Waals surface area contributed by atoms with Crippen LogP contribution >= 0.6 is 0 Å². The molecule has 2 amide bonds. The van der Waals surface area contributed by atoms with Crippen LogP contribution in [0.15, 0.2) is 24.3 Å². The Kier molecular flexibility index (Phi) is 6.33. The van der Waals surface area contributed by atoms with Crippen LogP contribution in [-0.4, -0.2) is 46.9 Å². The molecule has 132 valence electrons. The number of benzene rings is 1. The molecular weight excluding hydrogens is 329 g/mol. The molecule has 6 nitrogen and oxygen atoms in total. The number of alkyl halides is 3. The van der Waals surface area contributed by atoms with Gasteiger partial charge in [0.15, 0.2) is 0 Å². The molecule has 2 N–H and O–H groups in total. The van der Waals surface area contributed by atoms with Gasteiger partial charge in [-0.25, -0.2) is 4.79 Å². The van der Waals surface area contributed by atoms with Crippen molar-refractivity contribution in [3.63, 3.8) is 0 Å². The number of hydrogen-bond donors (Lipinski definition) is 2. The Labute approximate surface area is 136 Å². The highest BCUT2D eigenvalue weighted by Gasteiger charge is 2.32. The summed E-state index contributed by atoms with van der Waals surface area (Å²) in [5.41, 5.74) is -1.28. The van der Waals surface area contributed by atoms with E-state index in [1.165, 1.54) is 19.9 Å². The van der Waals surface area contributed by atoms with Crippen LogP contribution in [-0.2, 0) is 15.8 Å². The van der Waals surface area contributed by atoms with Crippen molar-refractivity contribution in [2.75, 3.05) is 13.1 Å². The van der Waals surface area contributed by atoms with Crippen LogP contribution in [0.25, 0.3) is 0 Å². The minimum Gasteiger partial charge on any atom is -0.480 e. The van der Waals surface area contributed by atoms with Crippen LogP contribution in [0.4, 0.5) is 13.2 Å². The molecule has 0 heterocycles. The first-order valence-corrected chi connectivity index (χ1v) is 6.99. The number of hydrogen-bond acceptors (Lipinski definition) is 3. The molecule has 0 aliphatic rings. The predicted octanol–water partition coefficient (Wildman–Crippen LogP) is 1.76. The van der Waals surface area contributed by atoms with Crippen molar-refractivity contribution in [1.29, 1.82) is 0 Å². The summed E-state index contributed by atoms with van der Waals surface area (Å²) in [6.07, 6.45) is -4.62. The summed E-state index contributed by atoms with van der Waals surface area (Å²) in [6, 6.07) is 2.48. The number of nitrogens with zero attached hydrogens (tertiary/aromatic N) is 1. The number of rotatable bonds is 6. The van der Waals surface area contributed by atoms with Gasteiger partial charge < -0.3 is 15.3 Å². The first-order chi connectivity index (χ1) is 11.0. The monoisotopic (exact) mass is 346 g/mol. The van der Waals surface area contributed by atoms with E-state index in [-0.39, 0.29) is 24.6 Å². The van der Waals surface area contributed by atoms with Crippen molar-refractivity contribution in [1.82, 2.24) is 10.2 Å². The standard InChI is InChI=1S/C15H17F3N2O4/c1-9(14(23)24)20(7-6-19-10(2)21)13(22)11-4-3-5-12(8-11)15(16,17)18/h3-5,8-9H,6-7H2,1-2H3,(H,19,21)(H,23,24). The Balaban J connectivity index is 3.06. The highest BCUT2D eigenvalue weighted by Crippen LogP contribution is 2.29. The smallest absolute Gasteiger partial charge is 0.416 e. The third kappa shape index (κ3) is 5.25. The van der Waals surface area contributed by atoms with E-state index in [1.807, 2.05) is 0 Å². The number of carboxylic acids is 1. The number of carbonyl (C=O) groups excluding carboxylic acids is 2. The third-order valence-electron chi connectivity index (χ3n) is 3.25. The lowest BCUT2D eigenvalue weighted by Crippen LogP contribution is -2.46. The Hall–Kier alpha value is -2.58. The molecule has 0 spiro atoms. The van der Waals surface area contributed by atoms with Crippen molar-refractivity contribution < 1.29 is 32.7 Å². The molecule has 1 unspecified atom stereocenters. The summed E-state index contributed by atoms with van der Waals surface area (Å²) >= 11 is 0. The fourth-order valence-electron chi connectivity index (χ4n) is 1.95. The van der Waals surface area contributed by atoms with E-state index >= 15 is 0 Å². The van der Waals surface area contributed by atoms with Crippen LogP contribution in [0.5, 0.6) is 0 Å². The van der Waals surface area contributed by atoms with Crippen molar-refractivity contribution in [3.8, 4) is 0 Å². The zero-order valence-electron chi connectivity index (χ0n) is 13.1. The average molecular weight is 346 g/mol. The van der Waals surface area contributed by atoms with Gasteiger partial charge in [-0.15, -0.1) is 0 Å². The zero-order chi connectivity index (χ0) is 18.5. The fraction of sp³-hybridized carbons (Fsp3) is 0.400. The second kappa shape index (κ2) is 7.80. The number of halogens is 3. The molecule has 0 aromatic heterocycles. The summed E-state index contributed by atoms with van der Waals surface area (Å²) in [5.74, 6) is -2.54. The molecule has 24 heavy (non-hydrogen) atoms. The van der Waals surface area contributed by atoms with Gasteiger partial charge in [0.1, 0.15) is 6.04 Å². The molecule has 0 aliphatic carbocycles. The molecule has 0 saturated carbocycles. The fourth-order valence-corrected chi connectivity index (χ4v) is 1.95. The largest absolute Gasteiger partial charge is 0.480 e. The molecule has 1 rings (SSSR count). The number of carboxylic acid groups (broad SMARTS) is 1. The number of amides is 2. The number of nitrogens with one attached hydrogen (secondary N) is 1. The Morgan fingerprint density at radius 1 is 1.29 bits per heavy atom. The molecule has 0 radical (unpaired) electrons. The Morgan fingerprint density at radius 3 is 2.42 bits per heavy atom. The molecule has 1 aromatic carbocycles. The highest BCUT2D eigenvalue weighted by atomic mass is 19.4. The topological polar surface area (TPSA) is 86.7 Å². The van der Waals surface area contributed by atoms with Gasteiger partial charge in [0.25, 0.3) is 5.91 Å². The summed E-state index contributed by atoms with van der Waals surface area (Å²) in [7, 11) is 0.